The molecule has 1 heterocycles. The first kappa shape index (κ1) is 10.8. The molecule has 1 aliphatic rings. The van der Waals surface area contributed by atoms with E-state index in [1.54, 1.807) is 0 Å². The third kappa shape index (κ3) is 1.97. The molecule has 5 heteroatoms. The molecule has 0 saturated carbocycles. The molecule has 0 spiro atoms. The van der Waals surface area contributed by atoms with Crippen molar-refractivity contribution in [3.63, 3.8) is 0 Å². The minimum Gasteiger partial charge on any atom is -0.465 e. The van der Waals surface area contributed by atoms with Crippen LogP contribution in [0.15, 0.2) is 0 Å². The molecule has 1 saturated heterocycles. The summed E-state index contributed by atoms with van der Waals surface area (Å²) >= 11 is 0. The lowest BCUT2D eigenvalue weighted by Crippen LogP contribution is -2.54. The van der Waals surface area contributed by atoms with E-state index in [1.165, 1.54) is 4.90 Å². The van der Waals surface area contributed by atoms with Crippen LogP contribution < -0.4 is 5.73 Å². The third-order valence-electron chi connectivity index (χ3n) is 2.87. The first-order valence-corrected chi connectivity index (χ1v) is 4.64. The summed E-state index contributed by atoms with van der Waals surface area (Å²) < 4.78 is 0. The molecule has 0 bridgehead atoms. The molecule has 1 atom stereocenters. The molecule has 14 heavy (non-hydrogen) atoms. The van der Waals surface area contributed by atoms with Crippen molar-refractivity contribution in [2.45, 2.75) is 32.2 Å². The molecule has 2 amide bonds. The number of carboxylic acid groups (broad SMARTS) is 1. The summed E-state index contributed by atoms with van der Waals surface area (Å²) in [6.07, 6.45) is 0.361. The number of carbonyl (C=O) groups excluding carboxylic acids is 1. The van der Waals surface area contributed by atoms with Crippen molar-refractivity contribution < 1.29 is 14.7 Å². The van der Waals surface area contributed by atoms with Gasteiger partial charge in [-0.2, -0.15) is 0 Å². The zero-order chi connectivity index (χ0) is 10.9. The summed E-state index contributed by atoms with van der Waals surface area (Å²) in [6, 6.07) is 0. The Kier molecular flexibility index (Phi) is 2.69. The lowest BCUT2D eigenvalue weighted by molar-refractivity contribution is -0.124. The summed E-state index contributed by atoms with van der Waals surface area (Å²) in [5.41, 5.74) is 4.77. The number of piperidine rings is 1. The number of nitrogens with two attached hydrogens (primary N) is 1. The van der Waals surface area contributed by atoms with E-state index in [0.29, 0.717) is 12.8 Å². The topological polar surface area (TPSA) is 83.6 Å². The second-order valence-electron chi connectivity index (χ2n) is 4.34. The molecule has 80 valence electrons. The summed E-state index contributed by atoms with van der Waals surface area (Å²) in [6.45, 7) is 3.94. The Hall–Kier alpha value is -1.26. The Labute approximate surface area is 82.9 Å². The molecule has 0 radical (unpaired) electrons. The maximum Gasteiger partial charge on any atom is 0.407 e. The predicted octanol–water partition coefficient (Wildman–Crippen LogP) is 0.640. The zero-order valence-electron chi connectivity index (χ0n) is 8.49. The number of primary amides is 1. The molecule has 1 aliphatic heterocycles. The highest BCUT2D eigenvalue weighted by Crippen LogP contribution is 2.30. The van der Waals surface area contributed by atoms with Crippen LogP contribution >= 0.6 is 0 Å². The quantitative estimate of drug-likeness (QED) is 0.651. The van der Waals surface area contributed by atoms with Crippen molar-refractivity contribution in [2.24, 2.45) is 11.7 Å². The van der Waals surface area contributed by atoms with Crippen molar-refractivity contribution in [1.29, 1.82) is 0 Å². The van der Waals surface area contributed by atoms with Gasteiger partial charge in [0, 0.05) is 12.1 Å². The Balaban J connectivity index is 2.77. The highest BCUT2D eigenvalue weighted by molar-refractivity contribution is 5.78. The van der Waals surface area contributed by atoms with Crippen LogP contribution in [-0.4, -0.2) is 34.1 Å². The number of likely N-dealkylation sites (tertiary alicyclic amines) is 1. The van der Waals surface area contributed by atoms with E-state index in [9.17, 15) is 9.59 Å². The maximum atomic E-state index is 10.9. The van der Waals surface area contributed by atoms with E-state index >= 15 is 0 Å². The van der Waals surface area contributed by atoms with Gasteiger partial charge in [-0.1, -0.05) is 0 Å². The molecular weight excluding hydrogens is 184 g/mol. The van der Waals surface area contributed by atoms with Gasteiger partial charge in [0.1, 0.15) is 0 Å². The van der Waals surface area contributed by atoms with Crippen LogP contribution in [-0.2, 0) is 4.79 Å². The van der Waals surface area contributed by atoms with E-state index in [4.69, 9.17) is 10.8 Å². The summed E-state index contributed by atoms with van der Waals surface area (Å²) in [4.78, 5) is 23.1. The monoisotopic (exact) mass is 200 g/mol. The lowest BCUT2D eigenvalue weighted by atomic mass is 9.85. The molecule has 3 N–H and O–H groups in total. The van der Waals surface area contributed by atoms with Crippen LogP contribution in [0.4, 0.5) is 4.79 Å². The molecule has 0 aromatic carbocycles. The molecule has 1 rings (SSSR count). The van der Waals surface area contributed by atoms with E-state index in [1.807, 2.05) is 13.8 Å². The van der Waals surface area contributed by atoms with Gasteiger partial charge in [0.15, 0.2) is 0 Å². The number of rotatable bonds is 1. The Morgan fingerprint density at radius 1 is 1.50 bits per heavy atom. The van der Waals surface area contributed by atoms with Crippen LogP contribution in [0.5, 0.6) is 0 Å². The highest BCUT2D eigenvalue weighted by Gasteiger charge is 2.38. The number of nitrogens with zero attached hydrogens (tertiary/aromatic N) is 1. The largest absolute Gasteiger partial charge is 0.465 e. The third-order valence-corrected chi connectivity index (χ3v) is 2.87. The molecule has 1 fully saturated rings. The van der Waals surface area contributed by atoms with Gasteiger partial charge in [-0.05, 0) is 26.7 Å². The standard InChI is InChI=1S/C9H16N2O3/c1-9(2)4-3-6(7(10)12)5-11(9)8(13)14/h6H,3-5H2,1-2H3,(H2,10,12)(H,13,14). The summed E-state index contributed by atoms with van der Waals surface area (Å²) in [5.74, 6) is -0.745. The average molecular weight is 200 g/mol. The fourth-order valence-corrected chi connectivity index (χ4v) is 1.79. The zero-order valence-corrected chi connectivity index (χ0v) is 8.49. The first-order valence-electron chi connectivity index (χ1n) is 4.64. The van der Waals surface area contributed by atoms with Gasteiger partial charge < -0.3 is 15.7 Å². The van der Waals surface area contributed by atoms with Crippen LogP contribution in [0.25, 0.3) is 0 Å². The van der Waals surface area contributed by atoms with Gasteiger partial charge in [-0.15, -0.1) is 0 Å². The Bertz CT molecular complexity index is 263. The average Bonchev–Trinajstić information content (AvgIpc) is 2.02. The van der Waals surface area contributed by atoms with Crippen molar-refractivity contribution >= 4 is 12.0 Å². The van der Waals surface area contributed by atoms with Gasteiger partial charge in [0.05, 0.1) is 5.92 Å². The van der Waals surface area contributed by atoms with Crippen molar-refractivity contribution in [3.8, 4) is 0 Å². The second kappa shape index (κ2) is 3.48. The number of hydrogen-bond donors (Lipinski definition) is 2. The SMILES string of the molecule is CC1(C)CCC(C(N)=O)CN1C(=O)O. The fraction of sp³-hybridized carbons (Fsp3) is 0.778. The summed E-state index contributed by atoms with van der Waals surface area (Å²) in [7, 11) is 0. The van der Waals surface area contributed by atoms with E-state index < -0.39 is 17.5 Å². The maximum absolute atomic E-state index is 10.9. The van der Waals surface area contributed by atoms with Crippen LogP contribution in [0, 0.1) is 5.92 Å². The van der Waals surface area contributed by atoms with E-state index in [-0.39, 0.29) is 12.5 Å². The van der Waals surface area contributed by atoms with Crippen molar-refractivity contribution in [3.05, 3.63) is 0 Å². The first-order chi connectivity index (χ1) is 6.34. The van der Waals surface area contributed by atoms with Gasteiger partial charge in [-0.25, -0.2) is 4.79 Å². The van der Waals surface area contributed by atoms with Crippen molar-refractivity contribution in [2.75, 3.05) is 6.54 Å². The molecule has 1 unspecified atom stereocenters. The smallest absolute Gasteiger partial charge is 0.407 e. The Morgan fingerprint density at radius 3 is 2.50 bits per heavy atom. The predicted molar refractivity (Wildman–Crippen MR) is 50.7 cm³/mol. The summed E-state index contributed by atoms with van der Waals surface area (Å²) in [5, 5.41) is 8.95. The molecule has 5 nitrogen and oxygen atoms in total. The van der Waals surface area contributed by atoms with Crippen molar-refractivity contribution in [1.82, 2.24) is 4.90 Å². The number of hydrogen-bond acceptors (Lipinski definition) is 2. The van der Waals surface area contributed by atoms with E-state index in [2.05, 4.69) is 0 Å². The molecule has 0 aromatic heterocycles. The van der Waals surface area contributed by atoms with Crippen LogP contribution in [0.3, 0.4) is 0 Å². The minimum atomic E-state index is -0.985. The van der Waals surface area contributed by atoms with Crippen LogP contribution in [0.1, 0.15) is 26.7 Å². The molecule has 0 aliphatic carbocycles. The van der Waals surface area contributed by atoms with Gasteiger partial charge in [0.25, 0.3) is 0 Å². The lowest BCUT2D eigenvalue weighted by Gasteiger charge is -2.42. The highest BCUT2D eigenvalue weighted by atomic mass is 16.4. The normalized spacial score (nSPS) is 25.9. The molecular formula is C9H16N2O3. The van der Waals surface area contributed by atoms with Gasteiger partial charge >= 0.3 is 6.09 Å². The fourth-order valence-electron chi connectivity index (χ4n) is 1.79. The van der Waals surface area contributed by atoms with Crippen LogP contribution in [0.2, 0.25) is 0 Å². The van der Waals surface area contributed by atoms with Gasteiger partial charge in [-0.3, -0.25) is 4.79 Å². The van der Waals surface area contributed by atoms with Gasteiger partial charge in [0.2, 0.25) is 5.91 Å². The number of carbonyl (C=O) groups is 2. The second-order valence-corrected chi connectivity index (χ2v) is 4.34. The minimum absolute atomic E-state index is 0.220. The number of amides is 2. The Morgan fingerprint density at radius 2 is 2.07 bits per heavy atom. The van der Waals surface area contributed by atoms with E-state index in [0.717, 1.165) is 0 Å². The molecule has 0 aromatic rings.